The third-order valence-electron chi connectivity index (χ3n) is 17.4. The van der Waals surface area contributed by atoms with Crippen molar-refractivity contribution < 1.29 is 37.8 Å². The van der Waals surface area contributed by atoms with Crippen molar-refractivity contribution in [3.05, 3.63) is 83.7 Å². The van der Waals surface area contributed by atoms with Crippen LogP contribution in [0.4, 0.5) is 14.9 Å². The molecule has 18 heteroatoms. The van der Waals surface area contributed by atoms with E-state index < -0.39 is 48.0 Å². The standard InChI is InChI=1S/C61H83FN10O7/c1-10-71-51-19-18-44-34-46(51)48(55(71)47-35-45(37-63-53(47)41(4)78-9)68-30-28-66(7)29-31-68)36-60(5,6)39-79-58(76)49-16-13-24-72(65-49)57(75)50(33-42-14-11-15-43(44)32-42)64-56(74)54(40(2)3)67(8)59(77)69-25-20-61(21-26-69)22-27-70(38-61)52(73)17-12-23-62/h11-12,14-15,17-19,32,34-35,37,40-41,49-50,54,65H,10,13,16,20-31,33,36,38-39H2,1-9H3,(H,64,74)/b17-12+/t41-,49-,50-,54-/m0/s1. The van der Waals surface area contributed by atoms with Gasteiger partial charge in [-0.25, -0.2) is 14.6 Å². The Kier molecular flexibility index (Phi) is 17.5. The fraction of sp³-hybridized carbons (Fsp3) is 0.574. The number of likely N-dealkylation sites (N-methyl/N-ethyl adjacent to an activating group) is 2. The highest BCUT2D eigenvalue weighted by Crippen LogP contribution is 2.44. The van der Waals surface area contributed by atoms with Crippen LogP contribution in [0.25, 0.3) is 33.3 Å². The van der Waals surface area contributed by atoms with Gasteiger partial charge in [0.05, 0.1) is 36.0 Å². The summed E-state index contributed by atoms with van der Waals surface area (Å²) in [6.07, 6.45) is 8.14. The molecule has 9 rings (SSSR count). The number of anilines is 1. The smallest absolute Gasteiger partial charge is 0.324 e. The zero-order valence-corrected chi connectivity index (χ0v) is 48.0. The first-order valence-corrected chi connectivity index (χ1v) is 28.6. The molecule has 7 heterocycles. The fourth-order valence-electron chi connectivity index (χ4n) is 12.7. The average Bonchev–Trinajstić information content (AvgIpc) is 4.25. The van der Waals surface area contributed by atoms with Crippen LogP contribution in [0.5, 0.6) is 0 Å². The molecule has 6 bridgehead atoms. The molecule has 4 saturated heterocycles. The van der Waals surface area contributed by atoms with E-state index in [2.05, 4.69) is 89.3 Å². The molecular weight excluding hydrogens is 1000 g/mol. The van der Waals surface area contributed by atoms with E-state index in [9.17, 15) is 28.4 Å². The summed E-state index contributed by atoms with van der Waals surface area (Å²) in [4.78, 5) is 85.9. The molecule has 0 aliphatic carbocycles. The summed E-state index contributed by atoms with van der Waals surface area (Å²) in [6, 6.07) is 13.9. The van der Waals surface area contributed by atoms with E-state index in [0.29, 0.717) is 71.4 Å². The number of aryl methyl sites for hydroxylation is 1. The van der Waals surface area contributed by atoms with Crippen LogP contribution in [0.3, 0.4) is 0 Å². The number of nitrogens with zero attached hydrogens (tertiary/aromatic N) is 8. The maximum Gasteiger partial charge on any atom is 0.324 e. The monoisotopic (exact) mass is 1090 g/mol. The van der Waals surface area contributed by atoms with Crippen molar-refractivity contribution in [1.29, 1.82) is 0 Å². The number of carbonyl (C=O) groups is 5. The summed E-state index contributed by atoms with van der Waals surface area (Å²) in [5, 5.41) is 5.66. The Bertz CT molecular complexity index is 2920. The second-order valence-electron chi connectivity index (χ2n) is 24.0. The number of ether oxygens (including phenoxy) is 2. The fourth-order valence-corrected chi connectivity index (χ4v) is 12.7. The van der Waals surface area contributed by atoms with Gasteiger partial charge in [0.25, 0.3) is 5.91 Å². The Morgan fingerprint density at radius 1 is 0.962 bits per heavy atom. The van der Waals surface area contributed by atoms with Gasteiger partial charge in [0, 0.05) is 114 Å². The first-order chi connectivity index (χ1) is 37.8. The lowest BCUT2D eigenvalue weighted by Crippen LogP contribution is -2.62. The van der Waals surface area contributed by atoms with Gasteiger partial charge >= 0.3 is 12.0 Å². The minimum atomic E-state index is -1.07. The lowest BCUT2D eigenvalue weighted by Gasteiger charge is -2.42. The molecule has 79 heavy (non-hydrogen) atoms. The van der Waals surface area contributed by atoms with E-state index in [4.69, 9.17) is 14.5 Å². The zero-order chi connectivity index (χ0) is 56.3. The van der Waals surface area contributed by atoms with Crippen molar-refractivity contribution in [2.45, 2.75) is 117 Å². The van der Waals surface area contributed by atoms with Gasteiger partial charge in [-0.15, -0.1) is 0 Å². The number of esters is 1. The third-order valence-corrected chi connectivity index (χ3v) is 17.4. The summed E-state index contributed by atoms with van der Waals surface area (Å²) >= 11 is 0. The Balaban J connectivity index is 1.04. The third kappa shape index (κ3) is 12.4. The Hall–Kier alpha value is -6.37. The van der Waals surface area contributed by atoms with E-state index in [1.165, 1.54) is 22.1 Å². The molecular formula is C61H83FN10O7. The van der Waals surface area contributed by atoms with Crippen molar-refractivity contribution >= 4 is 46.3 Å². The molecule has 2 aromatic heterocycles. The van der Waals surface area contributed by atoms with Crippen molar-refractivity contribution in [2.75, 3.05) is 98.3 Å². The van der Waals surface area contributed by atoms with E-state index in [-0.39, 0.29) is 42.4 Å². The highest BCUT2D eigenvalue weighted by molar-refractivity contribution is 5.96. The van der Waals surface area contributed by atoms with E-state index in [0.717, 1.165) is 88.4 Å². The molecule has 426 valence electrons. The predicted octanol–water partition coefficient (Wildman–Crippen LogP) is 7.41. The van der Waals surface area contributed by atoms with Gasteiger partial charge in [-0.2, -0.15) is 0 Å². The maximum atomic E-state index is 14.9. The normalized spacial score (nSPS) is 21.9. The van der Waals surface area contributed by atoms with Gasteiger partial charge in [0.1, 0.15) is 24.8 Å². The lowest BCUT2D eigenvalue weighted by molar-refractivity contribution is -0.155. The van der Waals surface area contributed by atoms with Gasteiger partial charge in [-0.3, -0.25) is 29.2 Å². The quantitative estimate of drug-likeness (QED) is 0.114. The van der Waals surface area contributed by atoms with Crippen LogP contribution in [-0.2, 0) is 48.0 Å². The number of pyridine rings is 1. The van der Waals surface area contributed by atoms with Gasteiger partial charge in [0.15, 0.2) is 0 Å². The molecule has 1 spiro atoms. The number of hydrogen-bond donors (Lipinski definition) is 2. The molecule has 5 aliphatic heterocycles. The number of aromatic nitrogens is 2. The number of nitrogens with one attached hydrogen (secondary N) is 2. The number of alkyl halides is 1. The van der Waals surface area contributed by atoms with Crippen LogP contribution < -0.4 is 15.6 Å². The van der Waals surface area contributed by atoms with Crippen molar-refractivity contribution in [2.24, 2.45) is 16.7 Å². The van der Waals surface area contributed by atoms with E-state index in [1.807, 2.05) is 39.1 Å². The Labute approximate surface area is 465 Å². The number of hydrazine groups is 1. The number of urea groups is 1. The van der Waals surface area contributed by atoms with Crippen molar-refractivity contribution in [3.8, 4) is 22.4 Å². The van der Waals surface area contributed by atoms with Gasteiger partial charge in [0.2, 0.25) is 11.8 Å². The molecule has 17 nitrogen and oxygen atoms in total. The lowest BCUT2D eigenvalue weighted by atomic mass is 9.78. The summed E-state index contributed by atoms with van der Waals surface area (Å²) < 4.78 is 27.4. The Morgan fingerprint density at radius 3 is 2.38 bits per heavy atom. The molecule has 2 N–H and O–H groups in total. The van der Waals surface area contributed by atoms with Crippen LogP contribution in [0, 0.1) is 16.7 Å². The second kappa shape index (κ2) is 24.2. The maximum absolute atomic E-state index is 14.9. The minimum Gasteiger partial charge on any atom is -0.464 e. The first-order valence-electron chi connectivity index (χ1n) is 28.6. The van der Waals surface area contributed by atoms with E-state index >= 15 is 0 Å². The number of methoxy groups -OCH3 is 1. The number of carbonyl (C=O) groups excluding carboxylic acids is 5. The molecule has 2 aromatic carbocycles. The zero-order valence-electron chi connectivity index (χ0n) is 48.0. The summed E-state index contributed by atoms with van der Waals surface area (Å²) in [7, 11) is 5.52. The number of piperazine rings is 1. The molecule has 5 aliphatic rings. The highest BCUT2D eigenvalue weighted by atomic mass is 19.1. The molecule has 0 radical (unpaired) electrons. The Morgan fingerprint density at radius 2 is 1.68 bits per heavy atom. The number of cyclic esters (lactones) is 1. The number of piperidine rings is 1. The van der Waals surface area contributed by atoms with Crippen molar-refractivity contribution in [3.63, 3.8) is 0 Å². The number of allylic oxidation sites excluding steroid dienone is 1. The topological polar surface area (TPSA) is 165 Å². The predicted molar refractivity (Wildman–Crippen MR) is 305 cm³/mol. The number of amides is 5. The molecule has 0 unspecified atom stereocenters. The number of halogens is 1. The molecule has 5 amide bonds. The summed E-state index contributed by atoms with van der Waals surface area (Å²) in [6.45, 7) is 18.5. The van der Waals surface area contributed by atoms with Crippen molar-refractivity contribution in [1.82, 2.24) is 44.9 Å². The largest absolute Gasteiger partial charge is 0.464 e. The minimum absolute atomic E-state index is 0.123. The van der Waals surface area contributed by atoms with Gasteiger partial charge < -0.3 is 43.9 Å². The molecule has 0 saturated carbocycles. The molecule has 4 fully saturated rings. The summed E-state index contributed by atoms with van der Waals surface area (Å²) in [5.74, 6) is -1.82. The van der Waals surface area contributed by atoms with Crippen LogP contribution in [0.2, 0.25) is 0 Å². The van der Waals surface area contributed by atoms with Crippen LogP contribution in [0.1, 0.15) is 96.6 Å². The first kappa shape index (κ1) is 57.3. The van der Waals surface area contributed by atoms with Crippen LogP contribution >= 0.6 is 0 Å². The SMILES string of the molecule is CCn1c(-c2cc(N3CCN(C)CC3)cnc2[C@H](C)OC)c2c3cc(ccc31)-c1cccc(c1)C[C@H](NC(=O)[C@H](C(C)C)N(C)C(=O)N1CCC3(CCN(C(=O)/C=C/CF)C3)CC1)C(=O)N1CCC[C@H](N1)C(=O)OCC(C)(C)C2. The number of hydrogen-bond acceptors (Lipinski definition) is 11. The number of likely N-dealkylation sites (tertiary alicyclic amines) is 2. The molecule has 4 atom stereocenters. The molecule has 4 aromatic rings. The highest BCUT2D eigenvalue weighted by Gasteiger charge is 2.44. The second-order valence-corrected chi connectivity index (χ2v) is 24.0. The number of rotatable bonds is 11. The number of fused-ring (bicyclic) bond motifs is 6. The van der Waals surface area contributed by atoms with Crippen LogP contribution in [-0.4, -0.2) is 175 Å². The van der Waals surface area contributed by atoms with Gasteiger partial charge in [-0.05, 0) is 117 Å². The number of benzene rings is 2. The van der Waals surface area contributed by atoms with Crippen LogP contribution in [0.15, 0.2) is 66.9 Å². The summed E-state index contributed by atoms with van der Waals surface area (Å²) in [5.41, 5.74) is 11.5. The average molecular weight is 1090 g/mol. The van der Waals surface area contributed by atoms with E-state index in [1.54, 1.807) is 24.0 Å². The van der Waals surface area contributed by atoms with Gasteiger partial charge in [-0.1, -0.05) is 58.0 Å².